The van der Waals surface area contributed by atoms with E-state index in [0.29, 0.717) is 12.2 Å². The van der Waals surface area contributed by atoms with E-state index < -0.39 is 12.0 Å². The minimum atomic E-state index is -1.00. The van der Waals surface area contributed by atoms with Gasteiger partial charge in [0.25, 0.3) is 0 Å². The van der Waals surface area contributed by atoms with E-state index in [1.807, 2.05) is 12.1 Å². The van der Waals surface area contributed by atoms with Crippen LogP contribution in [0.2, 0.25) is 0 Å². The van der Waals surface area contributed by atoms with Crippen LogP contribution in [0, 0.1) is 0 Å². The number of halogens is 1. The molecule has 2 N–H and O–H groups in total. The number of hydrogen-bond acceptors (Lipinski definition) is 4. The molecule has 1 aromatic heterocycles. The number of nitrogens with zero attached hydrogens (tertiary/aromatic N) is 1. The predicted molar refractivity (Wildman–Crippen MR) is 78.0 cm³/mol. The molecule has 1 heterocycles. The number of pyridine rings is 1. The van der Waals surface area contributed by atoms with Gasteiger partial charge in [0.15, 0.2) is 0 Å². The third kappa shape index (κ3) is 6.58. The summed E-state index contributed by atoms with van der Waals surface area (Å²) in [4.78, 5) is 26.0. The second kappa shape index (κ2) is 8.16. The molecule has 5 nitrogen and oxygen atoms in total. The van der Waals surface area contributed by atoms with E-state index in [-0.39, 0.29) is 5.91 Å². The van der Waals surface area contributed by atoms with Gasteiger partial charge in [-0.05, 0) is 40.2 Å². The zero-order chi connectivity index (χ0) is 14.3. The van der Waals surface area contributed by atoms with E-state index in [1.54, 1.807) is 18.0 Å². The lowest BCUT2D eigenvalue weighted by molar-refractivity contribution is -0.141. The summed E-state index contributed by atoms with van der Waals surface area (Å²) in [6.45, 7) is 1.31. The molecular formula is C12H15BrN2O3S. The highest BCUT2D eigenvalue weighted by atomic mass is 79.9. The van der Waals surface area contributed by atoms with Crippen LogP contribution >= 0.6 is 27.7 Å². The van der Waals surface area contributed by atoms with Crippen LogP contribution in [-0.4, -0.2) is 33.8 Å². The number of carboxylic acids is 1. The standard InChI is InChI=1S/C12H15BrN2O3S/c1-8(16)15-11(12(17)18)4-5-19-7-10-3-2-9(13)6-14-10/h2-3,6,11H,4-5,7H2,1H3,(H,15,16)(H,17,18). The van der Waals surface area contributed by atoms with Gasteiger partial charge in [0.1, 0.15) is 6.04 Å². The van der Waals surface area contributed by atoms with E-state index in [9.17, 15) is 9.59 Å². The molecule has 0 radical (unpaired) electrons. The van der Waals surface area contributed by atoms with Crippen LogP contribution in [0.5, 0.6) is 0 Å². The first-order valence-electron chi connectivity index (χ1n) is 5.67. The number of aromatic nitrogens is 1. The lowest BCUT2D eigenvalue weighted by Gasteiger charge is -2.12. The average Bonchev–Trinajstić information content (AvgIpc) is 2.34. The van der Waals surface area contributed by atoms with Crippen LogP contribution in [0.3, 0.4) is 0 Å². The molecule has 1 amide bonds. The molecule has 1 unspecified atom stereocenters. The summed E-state index contributed by atoms with van der Waals surface area (Å²) in [6, 6.07) is 3.02. The molecule has 19 heavy (non-hydrogen) atoms. The van der Waals surface area contributed by atoms with Gasteiger partial charge in [-0.2, -0.15) is 11.8 Å². The van der Waals surface area contributed by atoms with Crippen molar-refractivity contribution in [2.24, 2.45) is 0 Å². The first kappa shape index (κ1) is 16.0. The van der Waals surface area contributed by atoms with Crippen LogP contribution in [0.1, 0.15) is 19.0 Å². The summed E-state index contributed by atoms with van der Waals surface area (Å²) in [5.74, 6) is 0.0406. The molecule has 0 saturated heterocycles. The molecule has 0 saturated carbocycles. The van der Waals surface area contributed by atoms with Crippen LogP contribution in [-0.2, 0) is 15.3 Å². The van der Waals surface area contributed by atoms with Crippen molar-refractivity contribution in [3.63, 3.8) is 0 Å². The summed E-state index contributed by atoms with van der Waals surface area (Å²) < 4.78 is 0.929. The van der Waals surface area contributed by atoms with Crippen LogP contribution < -0.4 is 5.32 Å². The second-order valence-electron chi connectivity index (χ2n) is 3.90. The SMILES string of the molecule is CC(=O)NC(CCSCc1ccc(Br)cn1)C(=O)O. The number of amides is 1. The van der Waals surface area contributed by atoms with Gasteiger partial charge in [0.2, 0.25) is 5.91 Å². The highest BCUT2D eigenvalue weighted by Gasteiger charge is 2.17. The van der Waals surface area contributed by atoms with Crippen molar-refractivity contribution >= 4 is 39.6 Å². The molecule has 0 spiro atoms. The Morgan fingerprint density at radius 2 is 2.26 bits per heavy atom. The number of carbonyl (C=O) groups excluding carboxylic acids is 1. The average molecular weight is 347 g/mol. The van der Waals surface area contributed by atoms with Gasteiger partial charge in [-0.1, -0.05) is 0 Å². The van der Waals surface area contributed by atoms with Crippen LogP contribution in [0.25, 0.3) is 0 Å². The molecule has 104 valence electrons. The monoisotopic (exact) mass is 346 g/mol. The maximum absolute atomic E-state index is 10.9. The van der Waals surface area contributed by atoms with Gasteiger partial charge >= 0.3 is 5.97 Å². The highest BCUT2D eigenvalue weighted by Crippen LogP contribution is 2.14. The fourth-order valence-corrected chi connectivity index (χ4v) is 2.53. The van der Waals surface area contributed by atoms with Crippen molar-refractivity contribution < 1.29 is 14.7 Å². The molecule has 0 aliphatic carbocycles. The molecule has 0 fully saturated rings. The zero-order valence-electron chi connectivity index (χ0n) is 10.4. The number of carboxylic acid groups (broad SMARTS) is 1. The van der Waals surface area contributed by atoms with Crippen LogP contribution in [0.4, 0.5) is 0 Å². The Kier molecular flexibility index (Phi) is 6.86. The number of rotatable bonds is 7. The predicted octanol–water partition coefficient (Wildman–Crippen LogP) is 2.06. The first-order chi connectivity index (χ1) is 8.99. The quantitative estimate of drug-likeness (QED) is 0.738. The Morgan fingerprint density at radius 1 is 1.53 bits per heavy atom. The topological polar surface area (TPSA) is 79.3 Å². The normalized spacial score (nSPS) is 11.9. The second-order valence-corrected chi connectivity index (χ2v) is 5.92. The summed E-state index contributed by atoms with van der Waals surface area (Å²) in [6.07, 6.45) is 2.13. The lowest BCUT2D eigenvalue weighted by Crippen LogP contribution is -2.39. The third-order valence-electron chi connectivity index (χ3n) is 2.27. The van der Waals surface area contributed by atoms with Crippen molar-refractivity contribution in [1.82, 2.24) is 10.3 Å². The molecule has 1 rings (SSSR count). The minimum Gasteiger partial charge on any atom is -0.480 e. The smallest absolute Gasteiger partial charge is 0.326 e. The van der Waals surface area contributed by atoms with Gasteiger partial charge in [-0.3, -0.25) is 9.78 Å². The fourth-order valence-electron chi connectivity index (χ4n) is 1.37. The minimum absolute atomic E-state index is 0.327. The molecule has 1 aromatic rings. The molecule has 0 aliphatic rings. The Morgan fingerprint density at radius 3 is 2.79 bits per heavy atom. The van der Waals surface area contributed by atoms with Crippen molar-refractivity contribution in [2.45, 2.75) is 25.1 Å². The Balaban J connectivity index is 2.30. The maximum Gasteiger partial charge on any atom is 0.326 e. The third-order valence-corrected chi connectivity index (χ3v) is 3.76. The number of carbonyl (C=O) groups is 2. The molecule has 0 bridgehead atoms. The van der Waals surface area contributed by atoms with Gasteiger partial charge in [-0.25, -0.2) is 4.79 Å². The van der Waals surface area contributed by atoms with E-state index in [2.05, 4.69) is 26.2 Å². The number of hydrogen-bond donors (Lipinski definition) is 2. The first-order valence-corrected chi connectivity index (χ1v) is 7.62. The van der Waals surface area contributed by atoms with Gasteiger partial charge in [-0.15, -0.1) is 0 Å². The maximum atomic E-state index is 10.9. The Hall–Kier alpha value is -1.08. The van der Waals surface area contributed by atoms with E-state index in [0.717, 1.165) is 15.9 Å². The van der Waals surface area contributed by atoms with Crippen LogP contribution in [0.15, 0.2) is 22.8 Å². The number of thioether (sulfide) groups is 1. The van der Waals surface area contributed by atoms with Gasteiger partial charge in [0.05, 0.1) is 5.69 Å². The summed E-state index contributed by atoms with van der Waals surface area (Å²) in [7, 11) is 0. The zero-order valence-corrected chi connectivity index (χ0v) is 12.8. The number of nitrogens with one attached hydrogen (secondary N) is 1. The largest absolute Gasteiger partial charge is 0.480 e. The van der Waals surface area contributed by atoms with Crippen molar-refractivity contribution in [3.8, 4) is 0 Å². The van der Waals surface area contributed by atoms with Gasteiger partial charge in [0, 0.05) is 23.3 Å². The Bertz CT molecular complexity index is 439. The number of aliphatic carboxylic acids is 1. The fraction of sp³-hybridized carbons (Fsp3) is 0.417. The summed E-state index contributed by atoms with van der Waals surface area (Å²) in [5.41, 5.74) is 0.944. The summed E-state index contributed by atoms with van der Waals surface area (Å²) in [5, 5.41) is 11.3. The molecule has 0 aliphatic heterocycles. The van der Waals surface area contributed by atoms with E-state index in [4.69, 9.17) is 5.11 Å². The Labute approximate surface area is 124 Å². The summed E-state index contributed by atoms with van der Waals surface area (Å²) >= 11 is 4.90. The molecule has 0 aromatic carbocycles. The lowest BCUT2D eigenvalue weighted by atomic mass is 10.2. The van der Waals surface area contributed by atoms with Crippen molar-refractivity contribution in [2.75, 3.05) is 5.75 Å². The van der Waals surface area contributed by atoms with Gasteiger partial charge < -0.3 is 10.4 Å². The van der Waals surface area contributed by atoms with E-state index >= 15 is 0 Å². The molecular weight excluding hydrogens is 332 g/mol. The highest BCUT2D eigenvalue weighted by molar-refractivity contribution is 9.10. The van der Waals surface area contributed by atoms with Crippen molar-refractivity contribution in [3.05, 3.63) is 28.5 Å². The molecule has 7 heteroatoms. The molecule has 1 atom stereocenters. The van der Waals surface area contributed by atoms with E-state index in [1.165, 1.54) is 6.92 Å². The van der Waals surface area contributed by atoms with Crippen molar-refractivity contribution in [1.29, 1.82) is 0 Å².